The van der Waals surface area contributed by atoms with Gasteiger partial charge in [0.15, 0.2) is 0 Å². The maximum absolute atomic E-state index is 12.0. The van der Waals surface area contributed by atoms with E-state index in [4.69, 9.17) is 10.5 Å². The summed E-state index contributed by atoms with van der Waals surface area (Å²) in [5.74, 6) is 0.671. The number of hydrogen-bond donors (Lipinski definition) is 2. The normalized spacial score (nSPS) is 17.6. The van der Waals surface area contributed by atoms with Crippen LogP contribution < -0.4 is 11.1 Å². The number of nitrogen functional groups attached to an aromatic ring is 1. The minimum atomic E-state index is 0.126. The van der Waals surface area contributed by atoms with E-state index in [1.807, 2.05) is 24.3 Å². The summed E-state index contributed by atoms with van der Waals surface area (Å²) in [4.78, 5) is 12.0. The number of aryl methyl sites for hydroxylation is 1. The molecular weight excluding hydrogens is 252 g/mol. The topological polar surface area (TPSA) is 64.4 Å². The Hall–Kier alpha value is -1.55. The van der Waals surface area contributed by atoms with Gasteiger partial charge in [-0.2, -0.15) is 0 Å². The summed E-state index contributed by atoms with van der Waals surface area (Å²) in [6.45, 7) is 3.73. The predicted octanol–water partition coefficient (Wildman–Crippen LogP) is 2.13. The number of carbonyl (C=O) groups excluding carboxylic acids is 1. The molecule has 1 aromatic rings. The zero-order chi connectivity index (χ0) is 14.4. The van der Waals surface area contributed by atoms with Crippen molar-refractivity contribution in [1.82, 2.24) is 5.32 Å². The van der Waals surface area contributed by atoms with Crippen LogP contribution in [0.5, 0.6) is 0 Å². The van der Waals surface area contributed by atoms with Crippen molar-refractivity contribution in [2.75, 3.05) is 18.9 Å². The Bertz CT molecular complexity index is 425. The van der Waals surface area contributed by atoms with Gasteiger partial charge in [0.2, 0.25) is 5.91 Å². The highest BCUT2D eigenvalue weighted by molar-refractivity contribution is 5.76. The first kappa shape index (κ1) is 14.9. The van der Waals surface area contributed by atoms with Crippen LogP contribution in [-0.2, 0) is 16.0 Å². The molecule has 1 fully saturated rings. The van der Waals surface area contributed by atoms with E-state index >= 15 is 0 Å². The van der Waals surface area contributed by atoms with Crippen molar-refractivity contribution in [3.05, 3.63) is 29.8 Å². The van der Waals surface area contributed by atoms with Crippen molar-refractivity contribution in [3.63, 3.8) is 0 Å². The van der Waals surface area contributed by atoms with Crippen LogP contribution in [0.2, 0.25) is 0 Å². The number of rotatable bonds is 5. The monoisotopic (exact) mass is 276 g/mol. The molecule has 4 nitrogen and oxygen atoms in total. The smallest absolute Gasteiger partial charge is 0.220 e. The Morgan fingerprint density at radius 3 is 2.65 bits per heavy atom. The standard InChI is InChI=1S/C16H24N2O2/c1-12(14-8-10-20-11-9-14)18-16(19)7-4-13-2-5-15(17)6-3-13/h2-3,5-6,12,14H,4,7-11,17H2,1H3,(H,18,19). The van der Waals surface area contributed by atoms with Gasteiger partial charge in [-0.05, 0) is 49.8 Å². The molecule has 1 unspecified atom stereocenters. The number of hydrogen-bond acceptors (Lipinski definition) is 3. The van der Waals surface area contributed by atoms with E-state index in [9.17, 15) is 4.79 Å². The molecule has 0 spiro atoms. The number of benzene rings is 1. The van der Waals surface area contributed by atoms with Gasteiger partial charge in [-0.1, -0.05) is 12.1 Å². The van der Waals surface area contributed by atoms with Crippen LogP contribution in [0, 0.1) is 5.92 Å². The summed E-state index contributed by atoms with van der Waals surface area (Å²) in [6, 6.07) is 7.93. The minimum absolute atomic E-state index is 0.126. The summed E-state index contributed by atoms with van der Waals surface area (Å²) < 4.78 is 5.35. The van der Waals surface area contributed by atoms with Gasteiger partial charge in [0.1, 0.15) is 0 Å². The highest BCUT2D eigenvalue weighted by atomic mass is 16.5. The number of anilines is 1. The SMILES string of the molecule is CC(NC(=O)CCc1ccc(N)cc1)C1CCOCC1. The van der Waals surface area contributed by atoms with Crippen molar-refractivity contribution < 1.29 is 9.53 Å². The van der Waals surface area contributed by atoms with Gasteiger partial charge in [0, 0.05) is 31.4 Å². The molecular formula is C16H24N2O2. The first-order chi connectivity index (χ1) is 9.65. The second-order valence-corrected chi connectivity index (χ2v) is 5.55. The van der Waals surface area contributed by atoms with Crippen LogP contribution in [0.15, 0.2) is 24.3 Å². The van der Waals surface area contributed by atoms with Gasteiger partial charge < -0.3 is 15.8 Å². The minimum Gasteiger partial charge on any atom is -0.399 e. The lowest BCUT2D eigenvalue weighted by molar-refractivity contribution is -0.122. The quantitative estimate of drug-likeness (QED) is 0.810. The van der Waals surface area contributed by atoms with E-state index in [2.05, 4.69) is 12.2 Å². The molecule has 20 heavy (non-hydrogen) atoms. The molecule has 1 saturated heterocycles. The Balaban J connectivity index is 1.73. The van der Waals surface area contributed by atoms with Gasteiger partial charge in [0.05, 0.1) is 0 Å². The van der Waals surface area contributed by atoms with E-state index in [1.165, 1.54) is 0 Å². The van der Waals surface area contributed by atoms with Gasteiger partial charge in [-0.25, -0.2) is 0 Å². The Morgan fingerprint density at radius 1 is 1.35 bits per heavy atom. The fourth-order valence-electron chi connectivity index (χ4n) is 2.60. The third-order valence-corrected chi connectivity index (χ3v) is 3.98. The van der Waals surface area contributed by atoms with Gasteiger partial charge in [-0.15, -0.1) is 0 Å². The summed E-state index contributed by atoms with van der Waals surface area (Å²) in [6.07, 6.45) is 3.36. The molecule has 0 aromatic heterocycles. The second kappa shape index (κ2) is 7.29. The summed E-state index contributed by atoms with van der Waals surface area (Å²) >= 11 is 0. The number of ether oxygens (including phenoxy) is 1. The van der Waals surface area contributed by atoms with Gasteiger partial charge in [-0.3, -0.25) is 4.79 Å². The Labute approximate surface area is 120 Å². The van der Waals surface area contributed by atoms with Crippen molar-refractivity contribution >= 4 is 11.6 Å². The number of nitrogens with one attached hydrogen (secondary N) is 1. The molecule has 0 saturated carbocycles. The molecule has 1 aliphatic rings. The first-order valence-corrected chi connectivity index (χ1v) is 7.36. The molecule has 1 aromatic carbocycles. The van der Waals surface area contributed by atoms with Gasteiger partial charge in [0.25, 0.3) is 0 Å². The lowest BCUT2D eigenvalue weighted by atomic mass is 9.93. The van der Waals surface area contributed by atoms with Crippen LogP contribution in [-0.4, -0.2) is 25.2 Å². The fraction of sp³-hybridized carbons (Fsp3) is 0.562. The molecule has 1 atom stereocenters. The fourth-order valence-corrected chi connectivity index (χ4v) is 2.60. The van der Waals surface area contributed by atoms with E-state index in [0.29, 0.717) is 12.3 Å². The molecule has 4 heteroatoms. The zero-order valence-corrected chi connectivity index (χ0v) is 12.1. The van der Waals surface area contributed by atoms with Crippen molar-refractivity contribution in [1.29, 1.82) is 0 Å². The van der Waals surface area contributed by atoms with Gasteiger partial charge >= 0.3 is 0 Å². The zero-order valence-electron chi connectivity index (χ0n) is 12.1. The Morgan fingerprint density at radius 2 is 2.00 bits per heavy atom. The summed E-state index contributed by atoms with van der Waals surface area (Å²) in [5, 5.41) is 3.11. The average molecular weight is 276 g/mol. The average Bonchev–Trinajstić information content (AvgIpc) is 2.47. The van der Waals surface area contributed by atoms with Crippen molar-refractivity contribution in [2.45, 2.75) is 38.6 Å². The number of amides is 1. The molecule has 2 rings (SSSR count). The second-order valence-electron chi connectivity index (χ2n) is 5.55. The summed E-state index contributed by atoms with van der Waals surface area (Å²) in [7, 11) is 0. The maximum Gasteiger partial charge on any atom is 0.220 e. The van der Waals surface area contributed by atoms with Crippen molar-refractivity contribution in [3.8, 4) is 0 Å². The molecule has 110 valence electrons. The predicted molar refractivity (Wildman–Crippen MR) is 80.3 cm³/mol. The third-order valence-electron chi connectivity index (χ3n) is 3.98. The van der Waals surface area contributed by atoms with Crippen LogP contribution in [0.4, 0.5) is 5.69 Å². The highest BCUT2D eigenvalue weighted by Gasteiger charge is 2.21. The maximum atomic E-state index is 12.0. The van der Waals surface area contributed by atoms with E-state index < -0.39 is 0 Å². The highest BCUT2D eigenvalue weighted by Crippen LogP contribution is 2.18. The lowest BCUT2D eigenvalue weighted by Gasteiger charge is -2.28. The molecule has 1 heterocycles. The van der Waals surface area contributed by atoms with Crippen LogP contribution in [0.3, 0.4) is 0 Å². The molecule has 0 aliphatic carbocycles. The van der Waals surface area contributed by atoms with Crippen LogP contribution in [0.25, 0.3) is 0 Å². The van der Waals surface area contributed by atoms with Crippen LogP contribution in [0.1, 0.15) is 31.7 Å². The third kappa shape index (κ3) is 4.53. The van der Waals surface area contributed by atoms with Crippen molar-refractivity contribution in [2.24, 2.45) is 5.92 Å². The molecule has 0 radical (unpaired) electrons. The largest absolute Gasteiger partial charge is 0.399 e. The molecule has 0 bridgehead atoms. The van der Waals surface area contributed by atoms with Crippen LogP contribution >= 0.6 is 0 Å². The van der Waals surface area contributed by atoms with E-state index in [0.717, 1.165) is 43.7 Å². The Kier molecular flexibility index (Phi) is 5.41. The lowest BCUT2D eigenvalue weighted by Crippen LogP contribution is -2.40. The summed E-state index contributed by atoms with van der Waals surface area (Å²) in [5.41, 5.74) is 7.54. The van der Waals surface area contributed by atoms with E-state index in [-0.39, 0.29) is 11.9 Å². The number of nitrogens with two attached hydrogens (primary N) is 1. The number of carbonyl (C=O) groups is 1. The first-order valence-electron chi connectivity index (χ1n) is 7.36. The van der Waals surface area contributed by atoms with E-state index in [1.54, 1.807) is 0 Å². The molecule has 1 aliphatic heterocycles. The molecule has 3 N–H and O–H groups in total. The molecule has 1 amide bonds.